The van der Waals surface area contributed by atoms with Crippen LogP contribution < -0.4 is 0 Å². The lowest BCUT2D eigenvalue weighted by molar-refractivity contribution is 0.573. The SMILES string of the molecule is C=CCCc1ccc(CCc2ccc(CCc3cc(F)c(C#N)c(F)c3)cc2)cc1. The van der Waals surface area contributed by atoms with E-state index in [2.05, 4.69) is 55.1 Å². The van der Waals surface area contributed by atoms with E-state index in [1.807, 2.05) is 6.08 Å². The molecule has 3 aromatic rings. The zero-order valence-corrected chi connectivity index (χ0v) is 17.0. The van der Waals surface area contributed by atoms with Crippen molar-refractivity contribution in [1.82, 2.24) is 0 Å². The molecule has 0 aromatic heterocycles. The number of benzene rings is 3. The lowest BCUT2D eigenvalue weighted by Crippen LogP contribution is -1.98. The summed E-state index contributed by atoms with van der Waals surface area (Å²) < 4.78 is 27.5. The van der Waals surface area contributed by atoms with Crippen molar-refractivity contribution in [3.05, 3.63) is 118 Å². The molecule has 152 valence electrons. The number of aryl methyl sites for hydroxylation is 5. The second-order valence-corrected chi connectivity index (χ2v) is 7.51. The van der Waals surface area contributed by atoms with Crippen LogP contribution in [0.4, 0.5) is 8.78 Å². The number of hydrogen-bond acceptors (Lipinski definition) is 1. The third kappa shape index (κ3) is 5.87. The summed E-state index contributed by atoms with van der Waals surface area (Å²) in [5, 5.41) is 8.75. The maximum absolute atomic E-state index is 13.7. The predicted molar refractivity (Wildman–Crippen MR) is 117 cm³/mol. The fourth-order valence-corrected chi connectivity index (χ4v) is 3.47. The van der Waals surface area contributed by atoms with Gasteiger partial charge in [0.25, 0.3) is 0 Å². The van der Waals surface area contributed by atoms with E-state index in [0.29, 0.717) is 18.4 Å². The van der Waals surface area contributed by atoms with Gasteiger partial charge in [0, 0.05) is 0 Å². The van der Waals surface area contributed by atoms with Crippen molar-refractivity contribution in [3.63, 3.8) is 0 Å². The van der Waals surface area contributed by atoms with Gasteiger partial charge in [-0.25, -0.2) is 8.78 Å². The summed E-state index contributed by atoms with van der Waals surface area (Å²) in [6.45, 7) is 3.76. The van der Waals surface area contributed by atoms with Gasteiger partial charge in [0.2, 0.25) is 0 Å². The molecule has 0 fully saturated rings. The first-order chi connectivity index (χ1) is 14.6. The third-order valence-corrected chi connectivity index (χ3v) is 5.30. The normalized spacial score (nSPS) is 10.6. The van der Waals surface area contributed by atoms with Crippen molar-refractivity contribution in [2.45, 2.75) is 38.5 Å². The molecule has 3 aromatic carbocycles. The van der Waals surface area contributed by atoms with Crippen LogP contribution in [0.5, 0.6) is 0 Å². The molecular formula is C27H25F2N. The summed E-state index contributed by atoms with van der Waals surface area (Å²) >= 11 is 0. The average molecular weight is 402 g/mol. The maximum Gasteiger partial charge on any atom is 0.144 e. The van der Waals surface area contributed by atoms with Gasteiger partial charge >= 0.3 is 0 Å². The molecule has 0 spiro atoms. The van der Waals surface area contributed by atoms with Crippen LogP contribution in [0.15, 0.2) is 73.3 Å². The Bertz CT molecular complexity index is 1000. The standard InChI is InChI=1S/C27H25F2N/c1-2-3-4-20-5-7-21(8-6-20)9-10-22-11-13-23(14-12-22)15-16-24-17-26(28)25(19-30)27(29)18-24/h2,5-8,11-14,17-18H,1,3-4,9-10,15-16H2. The minimum atomic E-state index is -0.795. The highest BCUT2D eigenvalue weighted by molar-refractivity contribution is 5.35. The van der Waals surface area contributed by atoms with E-state index >= 15 is 0 Å². The summed E-state index contributed by atoms with van der Waals surface area (Å²) in [6, 6.07) is 21.2. The molecule has 0 amide bonds. The minimum absolute atomic E-state index is 0.519. The molecule has 0 atom stereocenters. The summed E-state index contributed by atoms with van der Waals surface area (Å²) in [5.74, 6) is -1.59. The molecule has 3 heteroatoms. The molecule has 0 aliphatic heterocycles. The number of nitriles is 1. The molecule has 3 rings (SSSR count). The zero-order chi connectivity index (χ0) is 21.3. The van der Waals surface area contributed by atoms with Crippen molar-refractivity contribution in [2.24, 2.45) is 0 Å². The Kier molecular flexibility index (Phi) is 7.51. The van der Waals surface area contributed by atoms with Gasteiger partial charge in [0.05, 0.1) is 0 Å². The zero-order valence-electron chi connectivity index (χ0n) is 17.0. The first-order valence-corrected chi connectivity index (χ1v) is 10.2. The van der Waals surface area contributed by atoms with Gasteiger partial charge in [-0.3, -0.25) is 0 Å². The fourth-order valence-electron chi connectivity index (χ4n) is 3.47. The summed E-state index contributed by atoms with van der Waals surface area (Å²) in [5.41, 5.74) is 5.09. The number of hydrogen-bond donors (Lipinski definition) is 0. The number of allylic oxidation sites excluding steroid dienone is 1. The van der Waals surface area contributed by atoms with Gasteiger partial charge in [-0.15, -0.1) is 6.58 Å². The quantitative estimate of drug-likeness (QED) is 0.374. The molecule has 0 radical (unpaired) electrons. The number of halogens is 2. The molecule has 0 unspecified atom stereocenters. The van der Waals surface area contributed by atoms with Crippen molar-refractivity contribution in [3.8, 4) is 6.07 Å². The first kappa shape index (κ1) is 21.5. The Morgan fingerprint density at radius 1 is 0.667 bits per heavy atom. The van der Waals surface area contributed by atoms with Crippen LogP contribution >= 0.6 is 0 Å². The van der Waals surface area contributed by atoms with Crippen LogP contribution in [0.25, 0.3) is 0 Å². The van der Waals surface area contributed by atoms with Gasteiger partial charge in [0.1, 0.15) is 23.3 Å². The topological polar surface area (TPSA) is 23.8 Å². The Morgan fingerprint density at radius 2 is 1.03 bits per heavy atom. The fraction of sp³-hybridized carbons (Fsp3) is 0.222. The summed E-state index contributed by atoms with van der Waals surface area (Å²) in [7, 11) is 0. The molecule has 0 aliphatic carbocycles. The van der Waals surface area contributed by atoms with Gasteiger partial charge in [0.15, 0.2) is 0 Å². The van der Waals surface area contributed by atoms with Gasteiger partial charge in [-0.1, -0.05) is 54.6 Å². The van der Waals surface area contributed by atoms with Gasteiger partial charge in [-0.2, -0.15) is 5.26 Å². The maximum atomic E-state index is 13.7. The van der Waals surface area contributed by atoms with E-state index in [4.69, 9.17) is 5.26 Å². The Morgan fingerprint density at radius 3 is 1.40 bits per heavy atom. The molecule has 0 saturated heterocycles. The molecule has 0 saturated carbocycles. The monoisotopic (exact) mass is 401 g/mol. The minimum Gasteiger partial charge on any atom is -0.205 e. The van der Waals surface area contributed by atoms with Gasteiger partial charge < -0.3 is 0 Å². The number of nitrogens with zero attached hydrogens (tertiary/aromatic N) is 1. The predicted octanol–water partition coefficient (Wildman–Crippen LogP) is 6.53. The van der Waals surface area contributed by atoms with Crippen LogP contribution in [0.2, 0.25) is 0 Å². The van der Waals surface area contributed by atoms with Crippen LogP contribution in [0.1, 0.15) is 39.8 Å². The van der Waals surface area contributed by atoms with Crippen molar-refractivity contribution >= 4 is 0 Å². The Balaban J connectivity index is 1.51. The van der Waals surface area contributed by atoms with Crippen LogP contribution in [0, 0.1) is 23.0 Å². The first-order valence-electron chi connectivity index (χ1n) is 10.2. The van der Waals surface area contributed by atoms with E-state index < -0.39 is 17.2 Å². The lowest BCUT2D eigenvalue weighted by atomic mass is 9.99. The largest absolute Gasteiger partial charge is 0.205 e. The summed E-state index contributed by atoms with van der Waals surface area (Å²) in [4.78, 5) is 0. The van der Waals surface area contributed by atoms with E-state index in [1.54, 1.807) is 6.07 Å². The molecular weight excluding hydrogens is 376 g/mol. The third-order valence-electron chi connectivity index (χ3n) is 5.30. The molecule has 0 N–H and O–H groups in total. The van der Waals surface area contributed by atoms with Gasteiger partial charge in [-0.05, 0) is 78.5 Å². The lowest BCUT2D eigenvalue weighted by Gasteiger charge is -2.07. The Hall–Kier alpha value is -3.25. The van der Waals surface area contributed by atoms with Crippen LogP contribution in [0.3, 0.4) is 0 Å². The van der Waals surface area contributed by atoms with Crippen LogP contribution in [-0.2, 0) is 32.1 Å². The molecule has 1 nitrogen and oxygen atoms in total. The Labute approximate surface area is 177 Å². The highest BCUT2D eigenvalue weighted by atomic mass is 19.1. The van der Waals surface area contributed by atoms with Crippen molar-refractivity contribution < 1.29 is 8.78 Å². The molecule has 30 heavy (non-hydrogen) atoms. The second kappa shape index (κ2) is 10.5. The second-order valence-electron chi connectivity index (χ2n) is 7.51. The highest BCUT2D eigenvalue weighted by Crippen LogP contribution is 2.17. The highest BCUT2D eigenvalue weighted by Gasteiger charge is 2.10. The van der Waals surface area contributed by atoms with E-state index in [1.165, 1.54) is 28.8 Å². The molecule has 0 bridgehead atoms. The van der Waals surface area contributed by atoms with E-state index in [9.17, 15) is 8.78 Å². The molecule has 0 heterocycles. The van der Waals surface area contributed by atoms with E-state index in [0.717, 1.165) is 31.2 Å². The summed E-state index contributed by atoms with van der Waals surface area (Å²) in [6.07, 6.45) is 7.16. The number of rotatable bonds is 9. The van der Waals surface area contributed by atoms with E-state index in [-0.39, 0.29) is 0 Å². The van der Waals surface area contributed by atoms with Crippen molar-refractivity contribution in [2.75, 3.05) is 0 Å². The average Bonchev–Trinajstić information content (AvgIpc) is 2.76. The van der Waals surface area contributed by atoms with Crippen LogP contribution in [-0.4, -0.2) is 0 Å². The molecule has 0 aliphatic rings. The smallest absolute Gasteiger partial charge is 0.144 e. The van der Waals surface area contributed by atoms with Crippen molar-refractivity contribution in [1.29, 1.82) is 5.26 Å².